The van der Waals surface area contributed by atoms with Crippen molar-refractivity contribution >= 4 is 17.3 Å². The molecule has 3 saturated carbocycles. The first-order chi connectivity index (χ1) is 12.0. The quantitative estimate of drug-likeness (QED) is 0.488. The minimum atomic E-state index is -0.791. The van der Waals surface area contributed by atoms with Gasteiger partial charge in [-0.05, 0) is 93.0 Å². The van der Waals surface area contributed by atoms with E-state index in [9.17, 15) is 4.39 Å². The lowest BCUT2D eigenvalue weighted by atomic mass is 9.47. The van der Waals surface area contributed by atoms with Crippen molar-refractivity contribution in [2.45, 2.75) is 58.5 Å². The highest BCUT2D eigenvalue weighted by Crippen LogP contribution is 2.68. The van der Waals surface area contributed by atoms with E-state index in [-0.39, 0.29) is 22.9 Å². The zero-order valence-corrected chi connectivity index (χ0v) is 15.9. The second-order valence-electron chi connectivity index (χ2n) is 9.17. The number of hydrogen-bond acceptors (Lipinski definition) is 3. The molecule has 0 saturated heterocycles. The van der Waals surface area contributed by atoms with Gasteiger partial charge >= 0.3 is 0 Å². The van der Waals surface area contributed by atoms with Gasteiger partial charge in [0.05, 0.1) is 0 Å². The van der Waals surface area contributed by atoms with E-state index in [4.69, 9.17) is 21.7 Å². The van der Waals surface area contributed by atoms with Gasteiger partial charge in [0.1, 0.15) is 11.9 Å². The molecule has 0 radical (unpaired) electrons. The summed E-state index contributed by atoms with van der Waals surface area (Å²) in [5.74, 6) is 3.55. The number of rotatable bonds is 2. The van der Waals surface area contributed by atoms with Crippen LogP contribution in [0.1, 0.15) is 52.4 Å². The Hall–Kier alpha value is -0.900. The SMILES string of the molecule is C[C@@]12C(=C[C@H]3C=C1O3)CC[C@@H]1[C@@H]2CC[C@]2(C)C(C(=S)OCF)CC[C@@H]12. The molecule has 2 aliphatic heterocycles. The van der Waals surface area contributed by atoms with E-state index in [0.29, 0.717) is 16.9 Å². The maximum Gasteiger partial charge on any atom is 0.229 e. The van der Waals surface area contributed by atoms with E-state index in [1.807, 2.05) is 0 Å². The Morgan fingerprint density at radius 2 is 2.04 bits per heavy atom. The highest BCUT2D eigenvalue weighted by Gasteiger charge is 2.62. The van der Waals surface area contributed by atoms with E-state index >= 15 is 0 Å². The first kappa shape index (κ1) is 16.3. The highest BCUT2D eigenvalue weighted by molar-refractivity contribution is 7.80. The number of alkyl halides is 1. The lowest BCUT2D eigenvalue weighted by Crippen LogP contribution is -2.54. The smallest absolute Gasteiger partial charge is 0.229 e. The number of ether oxygens (including phenoxy) is 2. The summed E-state index contributed by atoms with van der Waals surface area (Å²) in [6.45, 7) is 4.02. The fourth-order valence-corrected chi connectivity index (χ4v) is 7.67. The standard InChI is InChI=1S/C21H27FO2S/c1-20-8-7-16-14(15(20)5-6-17(20)19(25)23-11-22)4-3-12-9-13-10-18(24-13)21(12,16)2/h9-10,13-17H,3-8,11H2,1-2H3/t13-,14-,15-,16-,17?,20-,21-/m0/s1. The zero-order chi connectivity index (χ0) is 17.4. The van der Waals surface area contributed by atoms with E-state index in [1.165, 1.54) is 37.9 Å². The van der Waals surface area contributed by atoms with Gasteiger partial charge in [-0.2, -0.15) is 0 Å². The minimum absolute atomic E-state index is 0.118. The average molecular weight is 363 g/mol. The van der Waals surface area contributed by atoms with Gasteiger partial charge in [-0.3, -0.25) is 0 Å². The van der Waals surface area contributed by atoms with Crippen molar-refractivity contribution in [3.8, 4) is 0 Å². The summed E-state index contributed by atoms with van der Waals surface area (Å²) < 4.78 is 23.8. The summed E-state index contributed by atoms with van der Waals surface area (Å²) in [6, 6.07) is 0. The van der Waals surface area contributed by atoms with Crippen LogP contribution in [0.3, 0.4) is 0 Å². The van der Waals surface area contributed by atoms with Crippen molar-refractivity contribution in [3.63, 3.8) is 0 Å². The number of hydrogen-bond donors (Lipinski definition) is 0. The molecule has 136 valence electrons. The third-order valence-electron chi connectivity index (χ3n) is 8.53. The molecule has 2 bridgehead atoms. The number of thiocarbonyl (C=S) groups is 1. The lowest BCUT2D eigenvalue weighted by Gasteiger charge is -2.60. The maximum atomic E-state index is 12.7. The van der Waals surface area contributed by atoms with Gasteiger partial charge in [0, 0.05) is 11.3 Å². The molecule has 6 aliphatic rings. The minimum Gasteiger partial charge on any atom is -0.486 e. The normalized spacial score (nSPS) is 49.5. The molecule has 25 heavy (non-hydrogen) atoms. The monoisotopic (exact) mass is 362 g/mol. The van der Waals surface area contributed by atoms with Crippen LogP contribution >= 0.6 is 12.2 Å². The number of allylic oxidation sites excluding steroid dienone is 1. The molecule has 3 fully saturated rings. The Morgan fingerprint density at radius 1 is 1.24 bits per heavy atom. The molecule has 4 aliphatic carbocycles. The number of fused-ring (bicyclic) bond motifs is 3. The molecule has 0 N–H and O–H groups in total. The third kappa shape index (κ3) is 1.98. The van der Waals surface area contributed by atoms with Crippen LogP contribution < -0.4 is 0 Å². The Morgan fingerprint density at radius 3 is 2.80 bits per heavy atom. The Balaban J connectivity index is 1.46. The molecule has 6 rings (SSSR count). The highest BCUT2D eigenvalue weighted by atomic mass is 32.1. The molecule has 2 nitrogen and oxygen atoms in total. The molecule has 4 heteroatoms. The van der Waals surface area contributed by atoms with E-state index in [2.05, 4.69) is 26.0 Å². The molecule has 0 spiro atoms. The first-order valence-electron chi connectivity index (χ1n) is 9.81. The molecule has 0 aromatic carbocycles. The van der Waals surface area contributed by atoms with Crippen molar-refractivity contribution in [3.05, 3.63) is 23.5 Å². The van der Waals surface area contributed by atoms with Crippen LogP contribution in [-0.2, 0) is 9.47 Å². The van der Waals surface area contributed by atoms with E-state index in [0.717, 1.165) is 12.3 Å². The van der Waals surface area contributed by atoms with Crippen LogP contribution in [0.2, 0.25) is 0 Å². The van der Waals surface area contributed by atoms with Gasteiger partial charge in [-0.25, -0.2) is 4.39 Å². The molecule has 0 aromatic rings. The van der Waals surface area contributed by atoms with Crippen LogP contribution in [0.25, 0.3) is 0 Å². The third-order valence-corrected chi connectivity index (χ3v) is 8.93. The number of halogens is 1. The largest absolute Gasteiger partial charge is 0.486 e. The van der Waals surface area contributed by atoms with Crippen molar-refractivity contribution in [1.82, 2.24) is 0 Å². The van der Waals surface area contributed by atoms with Crippen molar-refractivity contribution in [2.75, 3.05) is 6.86 Å². The van der Waals surface area contributed by atoms with Gasteiger partial charge in [-0.15, -0.1) is 0 Å². The second-order valence-corrected chi connectivity index (χ2v) is 9.57. The predicted molar refractivity (Wildman–Crippen MR) is 98.6 cm³/mol. The second kappa shape index (κ2) is 5.31. The predicted octanol–water partition coefficient (Wildman–Crippen LogP) is 5.34. The van der Waals surface area contributed by atoms with Crippen LogP contribution in [0.4, 0.5) is 4.39 Å². The summed E-state index contributed by atoms with van der Waals surface area (Å²) in [5, 5.41) is 0.513. The molecule has 2 heterocycles. The van der Waals surface area contributed by atoms with Gasteiger partial charge in [0.2, 0.25) is 6.86 Å². The van der Waals surface area contributed by atoms with Gasteiger partial charge in [-0.1, -0.05) is 12.5 Å². The van der Waals surface area contributed by atoms with Crippen molar-refractivity contribution in [2.24, 2.45) is 34.5 Å². The fraction of sp³-hybridized carbons (Fsp3) is 0.762. The lowest BCUT2D eigenvalue weighted by molar-refractivity contribution is -0.0648. The van der Waals surface area contributed by atoms with Gasteiger partial charge in [0.15, 0.2) is 5.05 Å². The molecular formula is C21H27FO2S. The van der Waals surface area contributed by atoms with Crippen molar-refractivity contribution in [1.29, 1.82) is 0 Å². The Kier molecular flexibility index (Phi) is 3.46. The van der Waals surface area contributed by atoms with Crippen LogP contribution in [0, 0.1) is 34.5 Å². The molecule has 0 amide bonds. The average Bonchev–Trinajstić information content (AvgIpc) is 2.90. The van der Waals surface area contributed by atoms with Crippen LogP contribution in [-0.4, -0.2) is 18.0 Å². The van der Waals surface area contributed by atoms with Crippen LogP contribution in [0.5, 0.6) is 0 Å². The molecule has 1 unspecified atom stereocenters. The van der Waals surface area contributed by atoms with Gasteiger partial charge in [0.25, 0.3) is 0 Å². The maximum absolute atomic E-state index is 12.7. The first-order valence-corrected chi connectivity index (χ1v) is 10.2. The fourth-order valence-electron chi connectivity index (χ4n) is 7.24. The van der Waals surface area contributed by atoms with Crippen molar-refractivity contribution < 1.29 is 13.9 Å². The Labute approximate surface area is 154 Å². The zero-order valence-electron chi connectivity index (χ0n) is 15.1. The Bertz CT molecular complexity index is 685. The van der Waals surface area contributed by atoms with Gasteiger partial charge < -0.3 is 9.47 Å². The summed E-state index contributed by atoms with van der Waals surface area (Å²) in [4.78, 5) is 0. The van der Waals surface area contributed by atoms with E-state index in [1.54, 1.807) is 5.57 Å². The molecule has 7 atom stereocenters. The summed E-state index contributed by atoms with van der Waals surface area (Å²) in [7, 11) is 0. The summed E-state index contributed by atoms with van der Waals surface area (Å²) in [6.07, 6.45) is 12.1. The topological polar surface area (TPSA) is 18.5 Å². The van der Waals surface area contributed by atoms with Crippen LogP contribution in [0.15, 0.2) is 23.5 Å². The summed E-state index contributed by atoms with van der Waals surface area (Å²) in [5.41, 5.74) is 1.92. The van der Waals surface area contributed by atoms with E-state index < -0.39 is 6.86 Å². The molecule has 0 aromatic heterocycles. The summed E-state index contributed by atoms with van der Waals surface area (Å²) >= 11 is 5.44. The molecular weight excluding hydrogens is 335 g/mol.